The molecule has 1 saturated heterocycles. The van der Waals surface area contributed by atoms with Crippen LogP contribution in [0, 0.1) is 11.6 Å². The van der Waals surface area contributed by atoms with Gasteiger partial charge in [-0.1, -0.05) is 0 Å². The number of carbonyl (C=O) groups excluding carboxylic acids is 1. The largest absolute Gasteiger partial charge is 0.396 e. The molecule has 1 aliphatic heterocycles. The van der Waals surface area contributed by atoms with Gasteiger partial charge in [-0.25, -0.2) is 8.78 Å². The Morgan fingerprint density at radius 3 is 2.89 bits per heavy atom. The maximum absolute atomic E-state index is 13.7. The predicted octanol–water partition coefficient (Wildman–Crippen LogP) is 1.85. The lowest BCUT2D eigenvalue weighted by Crippen LogP contribution is -2.40. The van der Waals surface area contributed by atoms with Crippen LogP contribution in [0.5, 0.6) is 0 Å². The summed E-state index contributed by atoms with van der Waals surface area (Å²) in [6, 6.07) is 2.06. The molecule has 0 saturated carbocycles. The molecule has 1 aromatic carbocycles. The van der Waals surface area contributed by atoms with Crippen LogP contribution in [-0.4, -0.2) is 24.7 Å². The zero-order valence-corrected chi connectivity index (χ0v) is 10.6. The number of nitrogens with one attached hydrogen (secondary N) is 1. The number of rotatable bonds is 3. The highest BCUT2D eigenvalue weighted by molar-refractivity contribution is 5.95. The van der Waals surface area contributed by atoms with Gasteiger partial charge in [-0.3, -0.25) is 4.79 Å². The first-order valence-electron chi connectivity index (χ1n) is 6.08. The van der Waals surface area contributed by atoms with Gasteiger partial charge < -0.3 is 15.8 Å². The van der Waals surface area contributed by atoms with E-state index in [9.17, 15) is 13.6 Å². The molecule has 1 unspecified atom stereocenters. The lowest BCUT2D eigenvalue weighted by Gasteiger charge is -2.23. The maximum Gasteiger partial charge on any atom is 0.257 e. The standard InChI is InChI=1S/C13H16F2N2O2/c1-13(5-2-6-19-13)7-17-12(18)10-8(14)3-4-9(16)11(10)15/h3-4H,2,5-7,16H2,1H3,(H,17,18). The van der Waals surface area contributed by atoms with Crippen molar-refractivity contribution in [1.29, 1.82) is 0 Å². The van der Waals surface area contributed by atoms with Crippen molar-refractivity contribution in [3.05, 3.63) is 29.3 Å². The smallest absolute Gasteiger partial charge is 0.257 e. The van der Waals surface area contributed by atoms with Crippen molar-refractivity contribution >= 4 is 11.6 Å². The second kappa shape index (κ2) is 5.13. The number of amides is 1. The summed E-state index contributed by atoms with van der Waals surface area (Å²) in [5.41, 5.74) is 3.95. The second-order valence-corrected chi connectivity index (χ2v) is 4.91. The summed E-state index contributed by atoms with van der Waals surface area (Å²) in [5.74, 6) is -2.78. The molecule has 0 aromatic heterocycles. The Morgan fingerprint density at radius 2 is 2.26 bits per heavy atom. The van der Waals surface area contributed by atoms with Gasteiger partial charge in [0.25, 0.3) is 5.91 Å². The van der Waals surface area contributed by atoms with Gasteiger partial charge >= 0.3 is 0 Å². The molecule has 1 aromatic rings. The van der Waals surface area contributed by atoms with Gasteiger partial charge in [0.05, 0.1) is 11.3 Å². The number of anilines is 1. The third kappa shape index (κ3) is 2.84. The van der Waals surface area contributed by atoms with E-state index in [0.29, 0.717) is 6.61 Å². The van der Waals surface area contributed by atoms with Gasteiger partial charge in [0.15, 0.2) is 5.82 Å². The summed E-state index contributed by atoms with van der Waals surface area (Å²) in [7, 11) is 0. The molecular weight excluding hydrogens is 254 g/mol. The molecule has 1 fully saturated rings. The first kappa shape index (κ1) is 13.7. The fourth-order valence-electron chi connectivity index (χ4n) is 2.11. The van der Waals surface area contributed by atoms with Crippen LogP contribution in [0.25, 0.3) is 0 Å². The van der Waals surface area contributed by atoms with Crippen LogP contribution in [0.3, 0.4) is 0 Å². The average molecular weight is 270 g/mol. The summed E-state index contributed by atoms with van der Waals surface area (Å²) >= 11 is 0. The van der Waals surface area contributed by atoms with Crippen LogP contribution in [0.1, 0.15) is 30.1 Å². The van der Waals surface area contributed by atoms with Crippen molar-refractivity contribution in [2.24, 2.45) is 0 Å². The topological polar surface area (TPSA) is 64.4 Å². The highest BCUT2D eigenvalue weighted by Crippen LogP contribution is 2.24. The molecule has 0 spiro atoms. The molecule has 0 aliphatic carbocycles. The fraction of sp³-hybridized carbons (Fsp3) is 0.462. The molecule has 1 amide bonds. The van der Waals surface area contributed by atoms with E-state index in [2.05, 4.69) is 5.32 Å². The quantitative estimate of drug-likeness (QED) is 0.824. The number of benzene rings is 1. The highest BCUT2D eigenvalue weighted by atomic mass is 19.1. The first-order valence-corrected chi connectivity index (χ1v) is 6.08. The lowest BCUT2D eigenvalue weighted by atomic mass is 10.0. The Balaban J connectivity index is 2.10. The number of halogens is 2. The van der Waals surface area contributed by atoms with Crippen molar-refractivity contribution in [2.45, 2.75) is 25.4 Å². The van der Waals surface area contributed by atoms with Gasteiger partial charge in [-0.2, -0.15) is 0 Å². The van der Waals surface area contributed by atoms with E-state index < -0.39 is 28.7 Å². The Labute approximate surface area is 109 Å². The zero-order valence-electron chi connectivity index (χ0n) is 10.6. The second-order valence-electron chi connectivity index (χ2n) is 4.91. The fourth-order valence-corrected chi connectivity index (χ4v) is 2.11. The molecule has 1 atom stereocenters. The number of hydrogen-bond donors (Lipinski definition) is 2. The molecule has 4 nitrogen and oxygen atoms in total. The van der Waals surface area contributed by atoms with Crippen LogP contribution in [-0.2, 0) is 4.74 Å². The Morgan fingerprint density at radius 1 is 1.53 bits per heavy atom. The Kier molecular flexibility index (Phi) is 3.71. The van der Waals surface area contributed by atoms with Crippen molar-refractivity contribution in [1.82, 2.24) is 5.32 Å². The predicted molar refractivity (Wildman–Crippen MR) is 66.7 cm³/mol. The van der Waals surface area contributed by atoms with Crippen molar-refractivity contribution in [3.8, 4) is 0 Å². The van der Waals surface area contributed by atoms with E-state index in [1.807, 2.05) is 6.92 Å². The van der Waals surface area contributed by atoms with E-state index in [4.69, 9.17) is 10.5 Å². The molecule has 0 radical (unpaired) electrons. The first-order chi connectivity index (χ1) is 8.93. The minimum atomic E-state index is -1.03. The van der Waals surface area contributed by atoms with Gasteiger partial charge in [0.1, 0.15) is 11.4 Å². The number of ether oxygens (including phenoxy) is 1. The van der Waals surface area contributed by atoms with Crippen LogP contribution >= 0.6 is 0 Å². The third-order valence-corrected chi connectivity index (χ3v) is 3.27. The van der Waals surface area contributed by atoms with Gasteiger partial charge in [0.2, 0.25) is 0 Å². The molecule has 6 heteroatoms. The van der Waals surface area contributed by atoms with Crippen LogP contribution in [0.15, 0.2) is 12.1 Å². The van der Waals surface area contributed by atoms with Crippen LogP contribution < -0.4 is 11.1 Å². The normalized spacial score (nSPS) is 22.5. The van der Waals surface area contributed by atoms with Crippen LogP contribution in [0.4, 0.5) is 14.5 Å². The molecule has 19 heavy (non-hydrogen) atoms. The van der Waals surface area contributed by atoms with Crippen LogP contribution in [0.2, 0.25) is 0 Å². The number of hydrogen-bond acceptors (Lipinski definition) is 3. The molecular formula is C13H16F2N2O2. The summed E-state index contributed by atoms with van der Waals surface area (Å²) < 4.78 is 32.6. The van der Waals surface area contributed by atoms with E-state index in [-0.39, 0.29) is 12.2 Å². The number of carbonyl (C=O) groups is 1. The third-order valence-electron chi connectivity index (χ3n) is 3.27. The Bertz CT molecular complexity index is 500. The van der Waals surface area contributed by atoms with Gasteiger partial charge in [0, 0.05) is 13.2 Å². The number of nitrogens with two attached hydrogens (primary N) is 1. The van der Waals surface area contributed by atoms with Crippen molar-refractivity contribution in [2.75, 3.05) is 18.9 Å². The van der Waals surface area contributed by atoms with E-state index in [1.54, 1.807) is 0 Å². The van der Waals surface area contributed by atoms with E-state index >= 15 is 0 Å². The van der Waals surface area contributed by atoms with E-state index in [0.717, 1.165) is 25.0 Å². The van der Waals surface area contributed by atoms with Crippen molar-refractivity contribution in [3.63, 3.8) is 0 Å². The summed E-state index contributed by atoms with van der Waals surface area (Å²) in [6.07, 6.45) is 1.71. The molecule has 0 bridgehead atoms. The van der Waals surface area contributed by atoms with Crippen molar-refractivity contribution < 1.29 is 18.3 Å². The number of nitrogen functional groups attached to an aromatic ring is 1. The molecule has 1 aliphatic rings. The molecule has 2 rings (SSSR count). The summed E-state index contributed by atoms with van der Waals surface area (Å²) in [5, 5.41) is 2.49. The molecule has 3 N–H and O–H groups in total. The summed E-state index contributed by atoms with van der Waals surface area (Å²) in [6.45, 7) is 2.69. The SMILES string of the molecule is CC1(CNC(=O)c2c(F)ccc(N)c2F)CCCO1. The minimum absolute atomic E-state index is 0.208. The lowest BCUT2D eigenvalue weighted by molar-refractivity contribution is 0.0205. The van der Waals surface area contributed by atoms with E-state index in [1.165, 1.54) is 0 Å². The average Bonchev–Trinajstić information content (AvgIpc) is 2.80. The zero-order chi connectivity index (χ0) is 14.0. The molecule has 1 heterocycles. The van der Waals surface area contributed by atoms with Gasteiger partial charge in [-0.15, -0.1) is 0 Å². The minimum Gasteiger partial charge on any atom is -0.396 e. The summed E-state index contributed by atoms with van der Waals surface area (Å²) in [4.78, 5) is 11.8. The molecule has 104 valence electrons. The monoisotopic (exact) mass is 270 g/mol. The van der Waals surface area contributed by atoms with Gasteiger partial charge in [-0.05, 0) is 31.9 Å². The maximum atomic E-state index is 13.7. The highest BCUT2D eigenvalue weighted by Gasteiger charge is 2.31. The Hall–Kier alpha value is -1.69.